The molecule has 2 heteroatoms. The number of hydrogen-bond donors (Lipinski definition) is 1. The molecule has 2 rings (SSSR count). The zero-order valence-corrected chi connectivity index (χ0v) is 11.9. The summed E-state index contributed by atoms with van der Waals surface area (Å²) in [6, 6.07) is 9.47. The molecule has 0 aromatic heterocycles. The molecule has 1 aromatic rings. The van der Waals surface area contributed by atoms with Crippen LogP contribution in [0.3, 0.4) is 0 Å². The minimum Gasteiger partial charge on any atom is -0.313 e. The van der Waals surface area contributed by atoms with E-state index >= 15 is 0 Å². The standard InChI is InChI=1S/C16H26N2/c1-4-13(2)12-18(3)16-9-10-17-11-14-7-5-6-8-15(14)16/h5-8,13,16-17H,4,9-12H2,1-3H3. The van der Waals surface area contributed by atoms with Gasteiger partial charge in [-0.3, -0.25) is 4.90 Å². The van der Waals surface area contributed by atoms with Crippen molar-refractivity contribution in [3.63, 3.8) is 0 Å². The highest BCUT2D eigenvalue weighted by molar-refractivity contribution is 5.31. The van der Waals surface area contributed by atoms with Crippen LogP contribution in [0.25, 0.3) is 0 Å². The molecule has 100 valence electrons. The molecule has 0 radical (unpaired) electrons. The summed E-state index contributed by atoms with van der Waals surface area (Å²) in [5, 5.41) is 3.53. The van der Waals surface area contributed by atoms with Crippen molar-refractivity contribution in [3.05, 3.63) is 35.4 Å². The van der Waals surface area contributed by atoms with E-state index < -0.39 is 0 Å². The predicted octanol–water partition coefficient (Wildman–Crippen LogP) is 3.20. The summed E-state index contributed by atoms with van der Waals surface area (Å²) in [5.41, 5.74) is 2.99. The van der Waals surface area contributed by atoms with E-state index in [0.717, 1.165) is 19.0 Å². The second kappa shape index (κ2) is 6.35. The highest BCUT2D eigenvalue weighted by Crippen LogP contribution is 2.28. The Bertz CT molecular complexity index is 375. The van der Waals surface area contributed by atoms with Crippen LogP contribution in [0.5, 0.6) is 0 Å². The monoisotopic (exact) mass is 246 g/mol. The van der Waals surface area contributed by atoms with Gasteiger partial charge in [-0.1, -0.05) is 44.5 Å². The van der Waals surface area contributed by atoms with Crippen LogP contribution in [0.15, 0.2) is 24.3 Å². The third kappa shape index (κ3) is 3.12. The molecule has 0 aliphatic carbocycles. The molecule has 2 atom stereocenters. The van der Waals surface area contributed by atoms with Crippen LogP contribution in [-0.4, -0.2) is 25.0 Å². The van der Waals surface area contributed by atoms with Gasteiger partial charge in [0.05, 0.1) is 0 Å². The number of fused-ring (bicyclic) bond motifs is 1. The quantitative estimate of drug-likeness (QED) is 0.877. The topological polar surface area (TPSA) is 15.3 Å². The molecule has 0 spiro atoms. The van der Waals surface area contributed by atoms with Gasteiger partial charge in [0.15, 0.2) is 0 Å². The highest BCUT2D eigenvalue weighted by Gasteiger charge is 2.22. The van der Waals surface area contributed by atoms with E-state index in [1.807, 2.05) is 0 Å². The van der Waals surface area contributed by atoms with Crippen molar-refractivity contribution >= 4 is 0 Å². The molecule has 0 saturated carbocycles. The molecule has 0 fully saturated rings. The minimum absolute atomic E-state index is 0.574. The van der Waals surface area contributed by atoms with Gasteiger partial charge in [-0.05, 0) is 37.1 Å². The Morgan fingerprint density at radius 2 is 2.17 bits per heavy atom. The van der Waals surface area contributed by atoms with Crippen LogP contribution in [0.4, 0.5) is 0 Å². The van der Waals surface area contributed by atoms with Gasteiger partial charge in [-0.15, -0.1) is 0 Å². The maximum absolute atomic E-state index is 3.53. The average molecular weight is 246 g/mol. The second-order valence-electron chi connectivity index (χ2n) is 5.63. The Morgan fingerprint density at radius 1 is 1.39 bits per heavy atom. The predicted molar refractivity (Wildman–Crippen MR) is 77.6 cm³/mol. The molecule has 1 aliphatic rings. The number of nitrogens with zero attached hydrogens (tertiary/aromatic N) is 1. The Labute approximate surface area is 111 Å². The van der Waals surface area contributed by atoms with Crippen molar-refractivity contribution in [1.29, 1.82) is 0 Å². The first kappa shape index (κ1) is 13.6. The Balaban J connectivity index is 2.16. The first-order valence-electron chi connectivity index (χ1n) is 7.21. The Kier molecular flexibility index (Phi) is 4.79. The van der Waals surface area contributed by atoms with E-state index in [2.05, 4.69) is 55.4 Å². The second-order valence-corrected chi connectivity index (χ2v) is 5.63. The van der Waals surface area contributed by atoms with Gasteiger partial charge in [0.2, 0.25) is 0 Å². The number of rotatable bonds is 4. The normalized spacial score (nSPS) is 21.4. The third-order valence-electron chi connectivity index (χ3n) is 4.15. The van der Waals surface area contributed by atoms with Gasteiger partial charge in [0.25, 0.3) is 0 Å². The molecular formula is C16H26N2. The van der Waals surface area contributed by atoms with Crippen molar-refractivity contribution in [2.45, 2.75) is 39.3 Å². The molecule has 0 bridgehead atoms. The lowest BCUT2D eigenvalue weighted by Gasteiger charge is -2.30. The van der Waals surface area contributed by atoms with Crippen molar-refractivity contribution in [2.24, 2.45) is 5.92 Å². The molecule has 1 heterocycles. The first-order chi connectivity index (χ1) is 8.72. The van der Waals surface area contributed by atoms with Crippen LogP contribution in [0.2, 0.25) is 0 Å². The average Bonchev–Trinajstić information content (AvgIpc) is 2.60. The van der Waals surface area contributed by atoms with E-state index in [1.54, 1.807) is 0 Å². The van der Waals surface area contributed by atoms with Gasteiger partial charge >= 0.3 is 0 Å². The minimum atomic E-state index is 0.574. The fraction of sp³-hybridized carbons (Fsp3) is 0.625. The summed E-state index contributed by atoms with van der Waals surface area (Å²) in [6.45, 7) is 7.95. The van der Waals surface area contributed by atoms with Crippen LogP contribution >= 0.6 is 0 Å². The summed E-state index contributed by atoms with van der Waals surface area (Å²) >= 11 is 0. The van der Waals surface area contributed by atoms with E-state index in [1.165, 1.54) is 30.5 Å². The lowest BCUT2D eigenvalue weighted by atomic mass is 9.97. The van der Waals surface area contributed by atoms with Gasteiger partial charge in [-0.2, -0.15) is 0 Å². The van der Waals surface area contributed by atoms with Crippen LogP contribution in [-0.2, 0) is 6.54 Å². The zero-order chi connectivity index (χ0) is 13.0. The summed E-state index contributed by atoms with van der Waals surface area (Å²) in [6.07, 6.45) is 2.47. The summed E-state index contributed by atoms with van der Waals surface area (Å²) < 4.78 is 0. The van der Waals surface area contributed by atoms with Crippen LogP contribution in [0.1, 0.15) is 43.9 Å². The third-order valence-corrected chi connectivity index (χ3v) is 4.15. The molecule has 0 amide bonds. The largest absolute Gasteiger partial charge is 0.313 e. The summed E-state index contributed by atoms with van der Waals surface area (Å²) in [5.74, 6) is 0.776. The van der Waals surface area contributed by atoms with E-state index in [-0.39, 0.29) is 0 Å². The SMILES string of the molecule is CCC(C)CN(C)C1CCNCc2ccccc21. The molecule has 1 N–H and O–H groups in total. The van der Waals surface area contributed by atoms with E-state index in [0.29, 0.717) is 6.04 Å². The molecule has 2 nitrogen and oxygen atoms in total. The molecule has 1 aliphatic heterocycles. The zero-order valence-electron chi connectivity index (χ0n) is 11.9. The molecule has 18 heavy (non-hydrogen) atoms. The lowest BCUT2D eigenvalue weighted by Crippen LogP contribution is -2.30. The number of benzene rings is 1. The van der Waals surface area contributed by atoms with Crippen LogP contribution < -0.4 is 5.32 Å². The molecule has 1 aromatic carbocycles. The van der Waals surface area contributed by atoms with Crippen molar-refractivity contribution in [1.82, 2.24) is 10.2 Å². The maximum atomic E-state index is 3.53. The molecular weight excluding hydrogens is 220 g/mol. The van der Waals surface area contributed by atoms with Gasteiger partial charge in [0.1, 0.15) is 0 Å². The number of nitrogens with one attached hydrogen (secondary N) is 1. The Hall–Kier alpha value is -0.860. The molecule has 2 unspecified atom stereocenters. The summed E-state index contributed by atoms with van der Waals surface area (Å²) in [7, 11) is 2.28. The lowest BCUT2D eigenvalue weighted by molar-refractivity contribution is 0.203. The number of hydrogen-bond acceptors (Lipinski definition) is 2. The van der Waals surface area contributed by atoms with E-state index in [9.17, 15) is 0 Å². The van der Waals surface area contributed by atoms with E-state index in [4.69, 9.17) is 0 Å². The van der Waals surface area contributed by atoms with Crippen molar-refractivity contribution in [2.75, 3.05) is 20.1 Å². The molecule has 0 saturated heterocycles. The van der Waals surface area contributed by atoms with Gasteiger partial charge in [0, 0.05) is 19.1 Å². The fourth-order valence-electron chi connectivity index (χ4n) is 2.84. The first-order valence-corrected chi connectivity index (χ1v) is 7.21. The van der Waals surface area contributed by atoms with Crippen LogP contribution in [0, 0.1) is 5.92 Å². The smallest absolute Gasteiger partial charge is 0.0360 e. The fourth-order valence-corrected chi connectivity index (χ4v) is 2.84. The van der Waals surface area contributed by atoms with Gasteiger partial charge < -0.3 is 5.32 Å². The van der Waals surface area contributed by atoms with Gasteiger partial charge in [-0.25, -0.2) is 0 Å². The Morgan fingerprint density at radius 3 is 2.94 bits per heavy atom. The highest BCUT2D eigenvalue weighted by atomic mass is 15.1. The summed E-state index contributed by atoms with van der Waals surface area (Å²) in [4.78, 5) is 2.54. The maximum Gasteiger partial charge on any atom is 0.0360 e. The van der Waals surface area contributed by atoms with Crippen molar-refractivity contribution < 1.29 is 0 Å². The van der Waals surface area contributed by atoms with Crippen molar-refractivity contribution in [3.8, 4) is 0 Å².